The molecule has 1 heterocycles. The Hall–Kier alpha value is -2.65. The summed E-state index contributed by atoms with van der Waals surface area (Å²) in [4.78, 5) is 15.1. The minimum absolute atomic E-state index is 0.0649. The number of benzene rings is 3. The van der Waals surface area contributed by atoms with Gasteiger partial charge in [0.25, 0.3) is 0 Å². The summed E-state index contributed by atoms with van der Waals surface area (Å²) in [5.74, 6) is 0.582. The van der Waals surface area contributed by atoms with Gasteiger partial charge in [-0.2, -0.15) is 0 Å². The summed E-state index contributed by atoms with van der Waals surface area (Å²) in [7, 11) is 0. The summed E-state index contributed by atoms with van der Waals surface area (Å²) >= 11 is 0. The number of amides is 1. The van der Waals surface area contributed by atoms with Crippen molar-refractivity contribution in [3.05, 3.63) is 78.4 Å². The Kier molecular flexibility index (Phi) is 4.72. The molecule has 1 saturated heterocycles. The molecule has 1 fully saturated rings. The molecule has 3 aromatic rings. The van der Waals surface area contributed by atoms with Gasteiger partial charge < -0.3 is 5.32 Å². The molecule has 2 atom stereocenters. The zero-order valence-electron chi connectivity index (χ0n) is 15.1. The smallest absolute Gasteiger partial charge is 0.241 e. The van der Waals surface area contributed by atoms with Crippen LogP contribution in [0.25, 0.3) is 10.8 Å². The fourth-order valence-electron chi connectivity index (χ4n) is 3.87. The van der Waals surface area contributed by atoms with Crippen molar-refractivity contribution >= 4 is 22.4 Å². The van der Waals surface area contributed by atoms with Crippen molar-refractivity contribution in [1.29, 1.82) is 0 Å². The van der Waals surface area contributed by atoms with Crippen molar-refractivity contribution in [2.24, 2.45) is 0 Å². The van der Waals surface area contributed by atoms with Gasteiger partial charge in [-0.05, 0) is 42.8 Å². The van der Waals surface area contributed by atoms with Crippen LogP contribution in [-0.2, 0) is 4.79 Å². The SMILES string of the molecule is C[C@H](C(=O)Nc1cccc2ccccc12)N1CC[C@@H](c2ccccc2)C1. The van der Waals surface area contributed by atoms with Crippen LogP contribution in [0, 0.1) is 0 Å². The van der Waals surface area contributed by atoms with Gasteiger partial charge in [0.15, 0.2) is 0 Å². The molecule has 1 N–H and O–H groups in total. The third-order valence-corrected chi connectivity index (χ3v) is 5.47. The predicted molar refractivity (Wildman–Crippen MR) is 107 cm³/mol. The Labute approximate surface area is 154 Å². The monoisotopic (exact) mass is 344 g/mol. The standard InChI is InChI=1S/C23H24N2O/c1-17(25-15-14-20(16-25)18-8-3-2-4-9-18)23(26)24-22-13-7-11-19-10-5-6-12-21(19)22/h2-13,17,20H,14-16H2,1H3,(H,24,26)/t17-,20-/m1/s1. The highest BCUT2D eigenvalue weighted by Gasteiger charge is 2.30. The van der Waals surface area contributed by atoms with E-state index in [0.29, 0.717) is 5.92 Å². The van der Waals surface area contributed by atoms with Crippen molar-refractivity contribution in [3.63, 3.8) is 0 Å². The average molecular weight is 344 g/mol. The molecule has 0 unspecified atom stereocenters. The predicted octanol–water partition coefficient (Wildman–Crippen LogP) is 4.66. The van der Waals surface area contributed by atoms with Crippen LogP contribution in [0.4, 0.5) is 5.69 Å². The van der Waals surface area contributed by atoms with Crippen molar-refractivity contribution in [3.8, 4) is 0 Å². The van der Waals surface area contributed by atoms with E-state index in [1.54, 1.807) is 0 Å². The van der Waals surface area contributed by atoms with E-state index in [1.165, 1.54) is 5.56 Å². The maximum absolute atomic E-state index is 12.8. The number of carbonyl (C=O) groups is 1. The molecule has 1 aliphatic heterocycles. The molecule has 0 spiro atoms. The van der Waals surface area contributed by atoms with Gasteiger partial charge in [-0.15, -0.1) is 0 Å². The van der Waals surface area contributed by atoms with Crippen LogP contribution < -0.4 is 5.32 Å². The van der Waals surface area contributed by atoms with E-state index in [1.807, 2.05) is 31.2 Å². The van der Waals surface area contributed by atoms with Crippen molar-refractivity contribution in [2.75, 3.05) is 18.4 Å². The number of fused-ring (bicyclic) bond motifs is 1. The minimum Gasteiger partial charge on any atom is -0.324 e. The molecule has 0 aliphatic carbocycles. The zero-order valence-corrected chi connectivity index (χ0v) is 15.1. The molecular weight excluding hydrogens is 320 g/mol. The van der Waals surface area contributed by atoms with Gasteiger partial charge in [-0.3, -0.25) is 9.69 Å². The third kappa shape index (κ3) is 3.35. The molecule has 0 saturated carbocycles. The van der Waals surface area contributed by atoms with Gasteiger partial charge in [0.05, 0.1) is 6.04 Å². The Bertz CT molecular complexity index is 901. The van der Waals surface area contributed by atoms with Crippen molar-refractivity contribution in [2.45, 2.75) is 25.3 Å². The van der Waals surface area contributed by atoms with E-state index in [0.717, 1.165) is 36.0 Å². The molecule has 132 valence electrons. The summed E-state index contributed by atoms with van der Waals surface area (Å²) in [6.45, 7) is 3.91. The van der Waals surface area contributed by atoms with Crippen LogP contribution in [-0.4, -0.2) is 29.9 Å². The lowest BCUT2D eigenvalue weighted by Gasteiger charge is -2.24. The van der Waals surface area contributed by atoms with Crippen LogP contribution in [0.3, 0.4) is 0 Å². The van der Waals surface area contributed by atoms with E-state index in [4.69, 9.17) is 0 Å². The molecule has 0 bridgehead atoms. The topological polar surface area (TPSA) is 32.3 Å². The highest BCUT2D eigenvalue weighted by molar-refractivity contribution is 6.03. The number of hydrogen-bond acceptors (Lipinski definition) is 2. The van der Waals surface area contributed by atoms with Crippen molar-refractivity contribution in [1.82, 2.24) is 4.90 Å². The van der Waals surface area contributed by atoms with E-state index >= 15 is 0 Å². The summed E-state index contributed by atoms with van der Waals surface area (Å²) in [6, 6.07) is 24.7. The van der Waals surface area contributed by atoms with Gasteiger partial charge in [-0.1, -0.05) is 66.7 Å². The molecule has 1 amide bonds. The van der Waals surface area contributed by atoms with Crippen LogP contribution >= 0.6 is 0 Å². The molecule has 0 radical (unpaired) electrons. The van der Waals surface area contributed by atoms with E-state index in [-0.39, 0.29) is 11.9 Å². The molecule has 1 aliphatic rings. The van der Waals surface area contributed by atoms with Gasteiger partial charge >= 0.3 is 0 Å². The number of carbonyl (C=O) groups excluding carboxylic acids is 1. The van der Waals surface area contributed by atoms with Crippen LogP contribution in [0.1, 0.15) is 24.8 Å². The number of nitrogens with one attached hydrogen (secondary N) is 1. The molecule has 4 rings (SSSR count). The van der Waals surface area contributed by atoms with E-state index < -0.39 is 0 Å². The lowest BCUT2D eigenvalue weighted by atomic mass is 9.99. The molecule has 3 heteroatoms. The number of hydrogen-bond donors (Lipinski definition) is 1. The van der Waals surface area contributed by atoms with Crippen LogP contribution in [0.2, 0.25) is 0 Å². The van der Waals surface area contributed by atoms with Crippen LogP contribution in [0.15, 0.2) is 72.8 Å². The molecule has 0 aromatic heterocycles. The number of rotatable bonds is 4. The quantitative estimate of drug-likeness (QED) is 0.747. The van der Waals surface area contributed by atoms with Gasteiger partial charge in [0.2, 0.25) is 5.91 Å². The first-order chi connectivity index (χ1) is 12.7. The number of nitrogens with zero attached hydrogens (tertiary/aromatic N) is 1. The maximum Gasteiger partial charge on any atom is 0.241 e. The maximum atomic E-state index is 12.8. The first kappa shape index (κ1) is 16.8. The highest BCUT2D eigenvalue weighted by atomic mass is 16.2. The minimum atomic E-state index is -0.136. The first-order valence-electron chi connectivity index (χ1n) is 9.30. The molecule has 3 aromatic carbocycles. The van der Waals surface area contributed by atoms with E-state index in [2.05, 4.69) is 58.7 Å². The molecule has 26 heavy (non-hydrogen) atoms. The summed E-state index contributed by atoms with van der Waals surface area (Å²) in [5.41, 5.74) is 2.26. The second kappa shape index (κ2) is 7.30. The zero-order chi connectivity index (χ0) is 17.9. The van der Waals surface area contributed by atoms with Gasteiger partial charge in [0, 0.05) is 17.6 Å². The van der Waals surface area contributed by atoms with Gasteiger partial charge in [0.1, 0.15) is 0 Å². The fraction of sp³-hybridized carbons (Fsp3) is 0.261. The summed E-state index contributed by atoms with van der Waals surface area (Å²) in [5, 5.41) is 5.36. The molecule has 3 nitrogen and oxygen atoms in total. The second-order valence-electron chi connectivity index (χ2n) is 7.08. The number of likely N-dealkylation sites (tertiary alicyclic amines) is 1. The second-order valence-corrected chi connectivity index (χ2v) is 7.08. The lowest BCUT2D eigenvalue weighted by Crippen LogP contribution is -2.40. The third-order valence-electron chi connectivity index (χ3n) is 5.47. The van der Waals surface area contributed by atoms with Crippen molar-refractivity contribution < 1.29 is 4.79 Å². The Morgan fingerprint density at radius 2 is 1.73 bits per heavy atom. The summed E-state index contributed by atoms with van der Waals surface area (Å²) < 4.78 is 0. The Balaban J connectivity index is 1.45. The fourth-order valence-corrected chi connectivity index (χ4v) is 3.87. The van der Waals surface area contributed by atoms with E-state index in [9.17, 15) is 4.79 Å². The number of anilines is 1. The Morgan fingerprint density at radius 3 is 2.58 bits per heavy atom. The highest BCUT2D eigenvalue weighted by Crippen LogP contribution is 2.29. The summed E-state index contributed by atoms with van der Waals surface area (Å²) in [6.07, 6.45) is 1.11. The normalized spacial score (nSPS) is 18.7. The Morgan fingerprint density at radius 1 is 1.00 bits per heavy atom. The average Bonchev–Trinajstić information content (AvgIpc) is 3.18. The van der Waals surface area contributed by atoms with Crippen LogP contribution in [0.5, 0.6) is 0 Å². The first-order valence-corrected chi connectivity index (χ1v) is 9.30. The lowest BCUT2D eigenvalue weighted by molar-refractivity contribution is -0.120. The largest absolute Gasteiger partial charge is 0.324 e. The molecular formula is C23H24N2O. The van der Waals surface area contributed by atoms with Gasteiger partial charge in [-0.25, -0.2) is 0 Å².